The zero-order chi connectivity index (χ0) is 13.0. The van der Waals surface area contributed by atoms with Crippen molar-refractivity contribution < 1.29 is 22.4 Å². The van der Waals surface area contributed by atoms with Crippen molar-refractivity contribution in [2.75, 3.05) is 5.88 Å². The normalized spacial score (nSPS) is 11.2. The number of rotatable bonds is 5. The van der Waals surface area contributed by atoms with Crippen molar-refractivity contribution in [3.8, 4) is 0 Å². The van der Waals surface area contributed by atoms with E-state index in [0.717, 1.165) is 18.2 Å². The van der Waals surface area contributed by atoms with Gasteiger partial charge >= 0.3 is 0 Å². The van der Waals surface area contributed by atoms with Gasteiger partial charge in [-0.05, 0) is 11.6 Å². The predicted octanol–water partition coefficient (Wildman–Crippen LogP) is 3.91. The first-order valence-corrected chi connectivity index (χ1v) is 5.25. The van der Waals surface area contributed by atoms with Crippen LogP contribution in [0.15, 0.2) is 18.2 Å². The Kier molecular flexibility index (Phi) is 4.93. The molecule has 0 aromatic heterocycles. The third-order valence-electron chi connectivity index (χ3n) is 2.19. The minimum absolute atomic E-state index is 0.0371. The fourth-order valence-electron chi connectivity index (χ4n) is 1.37. The average Bonchev–Trinajstić information content (AvgIpc) is 2.28. The quantitative estimate of drug-likeness (QED) is 0.584. The van der Waals surface area contributed by atoms with Gasteiger partial charge in [-0.3, -0.25) is 4.79 Å². The summed E-state index contributed by atoms with van der Waals surface area (Å²) in [6.07, 6.45) is -5.98. The lowest BCUT2D eigenvalue weighted by atomic mass is 10.0. The van der Waals surface area contributed by atoms with Crippen LogP contribution in [0.4, 0.5) is 17.6 Å². The van der Waals surface area contributed by atoms with Crippen LogP contribution in [-0.4, -0.2) is 11.7 Å². The molecule has 1 aromatic rings. The first kappa shape index (κ1) is 14.0. The lowest BCUT2D eigenvalue weighted by Gasteiger charge is -2.10. The standard InChI is InChI=1S/C11H9ClF4O/c12-5-8(17)3-6-1-2-7(10(13)14)4-9(6)11(15)16/h1-2,4,10-11H,3,5H2. The highest BCUT2D eigenvalue weighted by molar-refractivity contribution is 6.27. The van der Waals surface area contributed by atoms with Gasteiger partial charge in [0.05, 0.1) is 5.88 Å². The predicted molar refractivity (Wildman–Crippen MR) is 55.8 cm³/mol. The Morgan fingerprint density at radius 2 is 1.82 bits per heavy atom. The van der Waals surface area contributed by atoms with Crippen LogP contribution >= 0.6 is 11.6 Å². The molecule has 0 aliphatic heterocycles. The van der Waals surface area contributed by atoms with Crippen LogP contribution in [0, 0.1) is 0 Å². The number of alkyl halides is 5. The smallest absolute Gasteiger partial charge is 0.264 e. The van der Waals surface area contributed by atoms with Crippen LogP contribution in [0.3, 0.4) is 0 Å². The molecule has 0 N–H and O–H groups in total. The maximum Gasteiger partial charge on any atom is 0.264 e. The maximum atomic E-state index is 12.6. The van der Waals surface area contributed by atoms with Gasteiger partial charge in [0.2, 0.25) is 0 Å². The second-order valence-electron chi connectivity index (χ2n) is 3.41. The summed E-state index contributed by atoms with van der Waals surface area (Å²) in [5.74, 6) is -0.724. The van der Waals surface area contributed by atoms with Crippen molar-refractivity contribution in [3.63, 3.8) is 0 Å². The van der Waals surface area contributed by atoms with Crippen LogP contribution < -0.4 is 0 Å². The van der Waals surface area contributed by atoms with Crippen LogP contribution in [0.5, 0.6) is 0 Å². The van der Waals surface area contributed by atoms with Gasteiger partial charge in [-0.25, -0.2) is 17.6 Å². The molecule has 0 radical (unpaired) electrons. The molecule has 1 nitrogen and oxygen atoms in total. The first-order valence-electron chi connectivity index (χ1n) is 4.72. The molecule has 1 aromatic carbocycles. The molecule has 0 saturated heterocycles. The van der Waals surface area contributed by atoms with E-state index in [1.165, 1.54) is 0 Å². The van der Waals surface area contributed by atoms with E-state index >= 15 is 0 Å². The highest BCUT2D eigenvalue weighted by Crippen LogP contribution is 2.28. The highest BCUT2D eigenvalue weighted by Gasteiger charge is 2.18. The monoisotopic (exact) mass is 268 g/mol. The second-order valence-corrected chi connectivity index (χ2v) is 3.68. The Hall–Kier alpha value is -1.10. The summed E-state index contributed by atoms with van der Waals surface area (Å²) in [6, 6.07) is 2.88. The van der Waals surface area contributed by atoms with Gasteiger partial charge in [0, 0.05) is 17.5 Å². The number of benzene rings is 1. The fourth-order valence-corrected chi connectivity index (χ4v) is 1.47. The molecule has 0 spiro atoms. The Labute approximate surface area is 100 Å². The van der Waals surface area contributed by atoms with Crippen LogP contribution in [0.1, 0.15) is 29.5 Å². The molecule has 1 rings (SSSR count). The topological polar surface area (TPSA) is 17.1 Å². The van der Waals surface area contributed by atoms with Gasteiger partial charge < -0.3 is 0 Å². The van der Waals surface area contributed by atoms with Gasteiger partial charge in [0.25, 0.3) is 12.9 Å². The van der Waals surface area contributed by atoms with E-state index in [2.05, 4.69) is 0 Å². The van der Waals surface area contributed by atoms with E-state index in [1.807, 2.05) is 0 Å². The second kappa shape index (κ2) is 6.00. The molecule has 6 heteroatoms. The van der Waals surface area contributed by atoms with E-state index < -0.39 is 29.8 Å². The number of halogens is 5. The molecule has 0 amide bonds. The summed E-state index contributed by atoms with van der Waals surface area (Å²) in [4.78, 5) is 11.0. The summed E-state index contributed by atoms with van der Waals surface area (Å²) in [7, 11) is 0. The van der Waals surface area contributed by atoms with Gasteiger partial charge in [-0.15, -0.1) is 11.6 Å². The van der Waals surface area contributed by atoms with Crippen molar-refractivity contribution in [1.29, 1.82) is 0 Å². The number of hydrogen-bond acceptors (Lipinski definition) is 1. The number of Topliss-reactive ketones (excluding diaryl/α,β-unsaturated/α-hetero) is 1. The molecule has 0 fully saturated rings. The van der Waals surface area contributed by atoms with Gasteiger partial charge in [0.1, 0.15) is 0 Å². The Morgan fingerprint density at radius 3 is 2.29 bits per heavy atom. The van der Waals surface area contributed by atoms with E-state index in [1.54, 1.807) is 0 Å². The Bertz CT molecular complexity index is 406. The molecule has 0 atom stereocenters. The van der Waals surface area contributed by atoms with Crippen LogP contribution in [-0.2, 0) is 11.2 Å². The van der Waals surface area contributed by atoms with Crippen molar-refractivity contribution >= 4 is 17.4 Å². The summed E-state index contributed by atoms with van der Waals surface area (Å²) in [5.41, 5.74) is -0.987. The molecular weight excluding hydrogens is 260 g/mol. The maximum absolute atomic E-state index is 12.6. The third kappa shape index (κ3) is 3.70. The molecule has 0 unspecified atom stereocenters. The average molecular weight is 269 g/mol. The largest absolute Gasteiger partial charge is 0.298 e. The molecule has 0 saturated carbocycles. The van der Waals surface area contributed by atoms with Crippen molar-refractivity contribution in [3.05, 3.63) is 34.9 Å². The lowest BCUT2D eigenvalue weighted by molar-refractivity contribution is -0.116. The summed E-state index contributed by atoms with van der Waals surface area (Å²) >= 11 is 5.26. The van der Waals surface area contributed by atoms with Crippen LogP contribution in [0.25, 0.3) is 0 Å². The Balaban J connectivity index is 3.08. The summed E-state index contributed by atoms with van der Waals surface area (Å²) in [6.45, 7) is 0. The Morgan fingerprint density at radius 1 is 1.18 bits per heavy atom. The zero-order valence-electron chi connectivity index (χ0n) is 8.60. The van der Waals surface area contributed by atoms with Gasteiger partial charge in [0.15, 0.2) is 5.78 Å². The van der Waals surface area contributed by atoms with Crippen LogP contribution in [0.2, 0.25) is 0 Å². The van der Waals surface area contributed by atoms with E-state index in [-0.39, 0.29) is 17.9 Å². The van der Waals surface area contributed by atoms with Crippen molar-refractivity contribution in [2.45, 2.75) is 19.3 Å². The molecule has 0 heterocycles. The van der Waals surface area contributed by atoms with Crippen molar-refractivity contribution in [1.82, 2.24) is 0 Å². The number of ketones is 1. The summed E-state index contributed by atoms with van der Waals surface area (Å²) in [5, 5.41) is 0. The fraction of sp³-hybridized carbons (Fsp3) is 0.364. The molecule has 17 heavy (non-hydrogen) atoms. The number of hydrogen-bond donors (Lipinski definition) is 0. The lowest BCUT2D eigenvalue weighted by Crippen LogP contribution is -2.07. The minimum Gasteiger partial charge on any atom is -0.298 e. The number of carbonyl (C=O) groups is 1. The minimum atomic E-state index is -2.90. The van der Waals surface area contributed by atoms with E-state index in [9.17, 15) is 22.4 Å². The molecule has 0 aliphatic rings. The van der Waals surface area contributed by atoms with E-state index in [0.29, 0.717) is 0 Å². The molecule has 0 aliphatic carbocycles. The van der Waals surface area contributed by atoms with E-state index in [4.69, 9.17) is 11.6 Å². The highest BCUT2D eigenvalue weighted by atomic mass is 35.5. The first-order chi connectivity index (χ1) is 7.95. The van der Waals surface area contributed by atoms with Gasteiger partial charge in [-0.1, -0.05) is 12.1 Å². The van der Waals surface area contributed by atoms with Gasteiger partial charge in [-0.2, -0.15) is 0 Å². The summed E-state index contributed by atoms with van der Waals surface area (Å²) < 4.78 is 49.9. The zero-order valence-corrected chi connectivity index (χ0v) is 9.35. The number of carbonyl (C=O) groups excluding carboxylic acids is 1. The third-order valence-corrected chi connectivity index (χ3v) is 2.49. The SMILES string of the molecule is O=C(CCl)Cc1ccc(C(F)F)cc1C(F)F. The molecule has 0 bridgehead atoms. The molecule has 94 valence electrons. The van der Waals surface area contributed by atoms with Crippen molar-refractivity contribution in [2.24, 2.45) is 0 Å². The molecular formula is C11H9ClF4O.